The summed E-state index contributed by atoms with van der Waals surface area (Å²) >= 11 is 0. The Morgan fingerprint density at radius 3 is 2.48 bits per heavy atom. The summed E-state index contributed by atoms with van der Waals surface area (Å²) in [6, 6.07) is 17.1. The van der Waals surface area contributed by atoms with Gasteiger partial charge < -0.3 is 20.3 Å². The van der Waals surface area contributed by atoms with Crippen LogP contribution >= 0.6 is 12.4 Å². The van der Waals surface area contributed by atoms with Crippen LogP contribution in [-0.2, 0) is 17.7 Å². The van der Waals surface area contributed by atoms with E-state index in [0.717, 1.165) is 19.5 Å². The molecular formula is C22H27ClN2O4. The van der Waals surface area contributed by atoms with E-state index in [1.807, 2.05) is 30.3 Å². The molecule has 2 aromatic carbocycles. The van der Waals surface area contributed by atoms with Crippen molar-refractivity contribution in [3.05, 3.63) is 71.3 Å². The van der Waals surface area contributed by atoms with E-state index in [-0.39, 0.29) is 43.6 Å². The van der Waals surface area contributed by atoms with E-state index in [0.29, 0.717) is 5.56 Å². The molecule has 0 bridgehead atoms. The Morgan fingerprint density at radius 2 is 1.76 bits per heavy atom. The van der Waals surface area contributed by atoms with Crippen LogP contribution in [0.3, 0.4) is 0 Å². The molecule has 0 aromatic heterocycles. The normalized spacial score (nSPS) is 26.4. The maximum Gasteiger partial charge on any atom is 0.251 e. The highest BCUT2D eigenvalue weighted by atomic mass is 35.5. The quantitative estimate of drug-likeness (QED) is 0.683. The number of nitrogens with zero attached hydrogens (tertiary/aromatic N) is 1. The zero-order valence-electron chi connectivity index (χ0n) is 16.1. The SMILES string of the molecule is Cl.O=C(NC[C@H]1O[C@@H](CO)[C@@H](O)[C@H]1N1CCc2ccccc2C1)c1ccccc1. The summed E-state index contributed by atoms with van der Waals surface area (Å²) in [5.41, 5.74) is 3.17. The molecule has 2 aliphatic heterocycles. The summed E-state index contributed by atoms with van der Waals surface area (Å²) in [7, 11) is 0. The van der Waals surface area contributed by atoms with E-state index >= 15 is 0 Å². The number of aliphatic hydroxyl groups is 2. The van der Waals surface area contributed by atoms with E-state index in [1.165, 1.54) is 11.1 Å². The van der Waals surface area contributed by atoms with Crippen molar-refractivity contribution in [2.45, 2.75) is 37.3 Å². The Bertz CT molecular complexity index is 819. The molecule has 2 heterocycles. The van der Waals surface area contributed by atoms with Crippen molar-refractivity contribution in [3.63, 3.8) is 0 Å². The van der Waals surface area contributed by atoms with E-state index in [2.05, 4.69) is 22.3 Å². The van der Waals surface area contributed by atoms with Gasteiger partial charge in [-0.2, -0.15) is 0 Å². The molecule has 1 amide bonds. The molecule has 0 saturated carbocycles. The molecule has 1 fully saturated rings. The summed E-state index contributed by atoms with van der Waals surface area (Å²) in [5.74, 6) is -0.172. The highest BCUT2D eigenvalue weighted by molar-refractivity contribution is 5.94. The highest BCUT2D eigenvalue weighted by Crippen LogP contribution is 2.30. The topological polar surface area (TPSA) is 82.0 Å². The smallest absolute Gasteiger partial charge is 0.251 e. The number of amides is 1. The number of hydrogen-bond acceptors (Lipinski definition) is 5. The Balaban J connectivity index is 0.00000240. The van der Waals surface area contributed by atoms with Crippen molar-refractivity contribution < 1.29 is 19.7 Å². The molecule has 2 aliphatic rings. The summed E-state index contributed by atoms with van der Waals surface area (Å²) in [6.07, 6.45) is -0.911. The van der Waals surface area contributed by atoms with Crippen LogP contribution in [0.4, 0.5) is 0 Å². The van der Waals surface area contributed by atoms with Crippen molar-refractivity contribution in [3.8, 4) is 0 Å². The Morgan fingerprint density at radius 1 is 1.07 bits per heavy atom. The van der Waals surface area contributed by atoms with Crippen LogP contribution in [0.2, 0.25) is 0 Å². The fraction of sp³-hybridized carbons (Fsp3) is 0.409. The number of nitrogens with one attached hydrogen (secondary N) is 1. The van der Waals surface area contributed by atoms with E-state index in [4.69, 9.17) is 4.74 Å². The highest BCUT2D eigenvalue weighted by Gasteiger charge is 2.46. The van der Waals surface area contributed by atoms with Crippen molar-refractivity contribution in [2.24, 2.45) is 0 Å². The van der Waals surface area contributed by atoms with Gasteiger partial charge in [0, 0.05) is 25.2 Å². The Kier molecular flexibility index (Phi) is 7.27. The third kappa shape index (κ3) is 4.63. The lowest BCUT2D eigenvalue weighted by Gasteiger charge is -2.37. The number of halogens is 1. The molecule has 2 aromatic rings. The van der Waals surface area contributed by atoms with Gasteiger partial charge in [0.25, 0.3) is 5.91 Å². The average molecular weight is 419 g/mol. The maximum atomic E-state index is 12.4. The average Bonchev–Trinajstić information content (AvgIpc) is 3.07. The first-order valence-electron chi connectivity index (χ1n) is 9.76. The lowest BCUT2D eigenvalue weighted by molar-refractivity contribution is -0.0209. The molecule has 1 saturated heterocycles. The Labute approximate surface area is 176 Å². The number of carbonyl (C=O) groups excluding carboxylic acids is 1. The van der Waals surface area contributed by atoms with Crippen molar-refractivity contribution >= 4 is 18.3 Å². The molecule has 29 heavy (non-hydrogen) atoms. The van der Waals surface area contributed by atoms with Gasteiger partial charge in [0.15, 0.2) is 0 Å². The number of aliphatic hydroxyl groups excluding tert-OH is 2. The zero-order valence-corrected chi connectivity index (χ0v) is 16.9. The van der Waals surface area contributed by atoms with Crippen LogP contribution in [0.15, 0.2) is 54.6 Å². The van der Waals surface area contributed by atoms with Crippen LogP contribution in [-0.4, -0.2) is 65.1 Å². The van der Waals surface area contributed by atoms with Gasteiger partial charge in [-0.05, 0) is 29.7 Å². The summed E-state index contributed by atoms with van der Waals surface area (Å²) < 4.78 is 5.91. The standard InChI is InChI=1S/C22H26N2O4.ClH/c25-14-19-21(26)20(24-11-10-15-6-4-5-9-17(15)13-24)18(28-19)12-23-22(27)16-7-2-1-3-8-16;/h1-9,18-21,25-26H,10-14H2,(H,23,27);1H/t18-,19+,20+,21-;/m1./s1. The molecular weight excluding hydrogens is 392 g/mol. The number of ether oxygens (including phenoxy) is 1. The zero-order chi connectivity index (χ0) is 19.5. The van der Waals surface area contributed by atoms with Crippen LogP contribution < -0.4 is 5.32 Å². The fourth-order valence-electron chi connectivity index (χ4n) is 4.25. The maximum absolute atomic E-state index is 12.4. The minimum absolute atomic E-state index is 0. The predicted molar refractivity (Wildman–Crippen MR) is 112 cm³/mol. The number of rotatable bonds is 5. The van der Waals surface area contributed by atoms with E-state index < -0.39 is 12.2 Å². The number of carbonyl (C=O) groups is 1. The van der Waals surface area contributed by atoms with Gasteiger partial charge in [-0.3, -0.25) is 9.69 Å². The minimum atomic E-state index is -0.797. The molecule has 4 rings (SSSR count). The third-order valence-corrected chi connectivity index (χ3v) is 5.72. The summed E-state index contributed by atoms with van der Waals surface area (Å²) in [5, 5.41) is 23.3. The third-order valence-electron chi connectivity index (χ3n) is 5.72. The van der Waals surface area contributed by atoms with Crippen molar-refractivity contribution in [1.29, 1.82) is 0 Å². The second-order valence-electron chi connectivity index (χ2n) is 7.44. The molecule has 0 radical (unpaired) electrons. The number of fused-ring (bicyclic) bond motifs is 1. The number of benzene rings is 2. The largest absolute Gasteiger partial charge is 0.394 e. The van der Waals surface area contributed by atoms with Crippen LogP contribution in [0, 0.1) is 0 Å². The molecule has 156 valence electrons. The molecule has 7 heteroatoms. The van der Waals surface area contributed by atoms with Gasteiger partial charge in [-0.25, -0.2) is 0 Å². The molecule has 6 nitrogen and oxygen atoms in total. The molecule has 0 unspecified atom stereocenters. The van der Waals surface area contributed by atoms with Gasteiger partial charge in [0.2, 0.25) is 0 Å². The predicted octanol–water partition coefficient (Wildman–Crippen LogP) is 1.39. The van der Waals surface area contributed by atoms with Gasteiger partial charge in [0.05, 0.1) is 18.8 Å². The Hall–Kier alpha value is -1.96. The van der Waals surface area contributed by atoms with Crippen LogP contribution in [0.1, 0.15) is 21.5 Å². The lowest BCUT2D eigenvalue weighted by Crippen LogP contribution is -2.52. The molecule has 3 N–H and O–H groups in total. The monoisotopic (exact) mass is 418 g/mol. The van der Waals surface area contributed by atoms with Gasteiger partial charge in [0.1, 0.15) is 12.2 Å². The van der Waals surface area contributed by atoms with Crippen molar-refractivity contribution in [1.82, 2.24) is 10.2 Å². The van der Waals surface area contributed by atoms with Crippen molar-refractivity contribution in [2.75, 3.05) is 19.7 Å². The van der Waals surface area contributed by atoms with Crippen LogP contribution in [0.25, 0.3) is 0 Å². The first-order valence-corrected chi connectivity index (χ1v) is 9.76. The second-order valence-corrected chi connectivity index (χ2v) is 7.44. The molecule has 0 aliphatic carbocycles. The number of hydrogen-bond donors (Lipinski definition) is 3. The molecule has 4 atom stereocenters. The summed E-state index contributed by atoms with van der Waals surface area (Å²) in [4.78, 5) is 14.6. The van der Waals surface area contributed by atoms with Gasteiger partial charge in [-0.15, -0.1) is 12.4 Å². The lowest BCUT2D eigenvalue weighted by atomic mass is 9.95. The van der Waals surface area contributed by atoms with E-state index in [1.54, 1.807) is 12.1 Å². The van der Waals surface area contributed by atoms with Gasteiger partial charge in [-0.1, -0.05) is 42.5 Å². The second kappa shape index (κ2) is 9.69. The van der Waals surface area contributed by atoms with Crippen LogP contribution in [0.5, 0.6) is 0 Å². The van der Waals surface area contributed by atoms with Gasteiger partial charge >= 0.3 is 0 Å². The minimum Gasteiger partial charge on any atom is -0.394 e. The fourth-order valence-corrected chi connectivity index (χ4v) is 4.25. The summed E-state index contributed by atoms with van der Waals surface area (Å²) in [6.45, 7) is 1.57. The van der Waals surface area contributed by atoms with E-state index in [9.17, 15) is 15.0 Å². The first-order chi connectivity index (χ1) is 13.7. The first kappa shape index (κ1) is 21.7. The molecule has 0 spiro atoms.